The topological polar surface area (TPSA) is 98.7 Å². The summed E-state index contributed by atoms with van der Waals surface area (Å²) >= 11 is 0. The smallest absolute Gasteiger partial charge is 0.268 e. The van der Waals surface area contributed by atoms with Crippen molar-refractivity contribution in [1.82, 2.24) is 9.88 Å². The zero-order valence-electron chi connectivity index (χ0n) is 8.30. The number of rotatable bonds is 3. The van der Waals surface area contributed by atoms with Crippen LogP contribution in [0.15, 0.2) is 23.1 Å². The summed E-state index contributed by atoms with van der Waals surface area (Å²) in [6.07, 6.45) is 1.41. The van der Waals surface area contributed by atoms with Crippen molar-refractivity contribution in [2.75, 3.05) is 6.54 Å². The molecule has 1 heterocycles. The number of pyridine rings is 1. The van der Waals surface area contributed by atoms with E-state index in [1.54, 1.807) is 12.1 Å². The third-order valence-corrected chi connectivity index (χ3v) is 1.82. The Labute approximate surface area is 91.3 Å². The van der Waals surface area contributed by atoms with Gasteiger partial charge in [-0.2, -0.15) is 10.5 Å². The first-order valence-corrected chi connectivity index (χ1v) is 4.42. The van der Waals surface area contributed by atoms with Crippen LogP contribution in [-0.2, 0) is 11.3 Å². The predicted molar refractivity (Wildman–Crippen MR) is 54.0 cm³/mol. The number of carbonyl (C=O) groups excluding carboxylic acids is 1. The van der Waals surface area contributed by atoms with Gasteiger partial charge < -0.3 is 9.88 Å². The second-order valence-electron chi connectivity index (χ2n) is 2.90. The summed E-state index contributed by atoms with van der Waals surface area (Å²) in [5.74, 6) is -0.446. The molecule has 1 amide bonds. The highest BCUT2D eigenvalue weighted by Crippen LogP contribution is 1.89. The van der Waals surface area contributed by atoms with Crippen molar-refractivity contribution in [3.63, 3.8) is 0 Å². The molecule has 0 atom stereocenters. The molecule has 16 heavy (non-hydrogen) atoms. The first kappa shape index (κ1) is 11.5. The second kappa shape index (κ2) is 5.32. The predicted octanol–water partition coefficient (Wildman–Crippen LogP) is -0.640. The molecular formula is C10H8N4O2. The quantitative estimate of drug-likeness (QED) is 0.679. The molecule has 1 aromatic heterocycles. The molecule has 0 aliphatic rings. The van der Waals surface area contributed by atoms with E-state index in [4.69, 9.17) is 10.5 Å². The Bertz CT molecular complexity index is 533. The Morgan fingerprint density at radius 1 is 1.50 bits per heavy atom. The maximum absolute atomic E-state index is 11.5. The summed E-state index contributed by atoms with van der Waals surface area (Å²) < 4.78 is 1.12. The van der Waals surface area contributed by atoms with Gasteiger partial charge in [0.05, 0.1) is 6.07 Å². The van der Waals surface area contributed by atoms with Crippen molar-refractivity contribution in [3.05, 3.63) is 34.2 Å². The maximum atomic E-state index is 11.5. The first-order valence-electron chi connectivity index (χ1n) is 4.42. The van der Waals surface area contributed by atoms with Gasteiger partial charge in [-0.1, -0.05) is 0 Å². The monoisotopic (exact) mass is 216 g/mol. The Morgan fingerprint density at radius 3 is 2.88 bits per heavy atom. The molecule has 0 unspecified atom stereocenters. The van der Waals surface area contributed by atoms with E-state index in [-0.39, 0.29) is 18.7 Å². The lowest BCUT2D eigenvalue weighted by Gasteiger charge is -2.04. The van der Waals surface area contributed by atoms with E-state index in [1.165, 1.54) is 18.3 Å². The fraction of sp³-hybridized carbons (Fsp3) is 0.200. The molecule has 6 heteroatoms. The Hall–Kier alpha value is -2.60. The van der Waals surface area contributed by atoms with Crippen LogP contribution < -0.4 is 10.9 Å². The molecule has 0 radical (unpaired) electrons. The molecule has 0 aliphatic heterocycles. The van der Waals surface area contributed by atoms with Gasteiger partial charge in [0.1, 0.15) is 24.7 Å². The normalized spacial score (nSPS) is 8.88. The molecule has 0 aliphatic carbocycles. The van der Waals surface area contributed by atoms with E-state index in [0.29, 0.717) is 0 Å². The number of hydrogen-bond donors (Lipinski definition) is 1. The van der Waals surface area contributed by atoms with Crippen molar-refractivity contribution in [3.8, 4) is 12.1 Å². The number of aromatic nitrogens is 1. The number of nitrogens with one attached hydrogen (secondary N) is 1. The highest BCUT2D eigenvalue weighted by molar-refractivity contribution is 5.75. The highest BCUT2D eigenvalue weighted by atomic mass is 16.2. The number of nitrogens with zero attached hydrogens (tertiary/aromatic N) is 3. The molecule has 1 aromatic rings. The van der Waals surface area contributed by atoms with E-state index in [0.717, 1.165) is 4.57 Å². The molecule has 0 aromatic carbocycles. The van der Waals surface area contributed by atoms with Crippen LogP contribution in [0.2, 0.25) is 0 Å². The third-order valence-electron chi connectivity index (χ3n) is 1.82. The summed E-state index contributed by atoms with van der Waals surface area (Å²) in [4.78, 5) is 22.7. The maximum Gasteiger partial charge on any atom is 0.268 e. The molecule has 1 rings (SSSR count). The number of hydrogen-bond acceptors (Lipinski definition) is 4. The van der Waals surface area contributed by atoms with Crippen molar-refractivity contribution in [2.45, 2.75) is 6.54 Å². The average Bonchev–Trinajstić information content (AvgIpc) is 2.29. The largest absolute Gasteiger partial charge is 0.341 e. The molecule has 1 N–H and O–H groups in total. The van der Waals surface area contributed by atoms with Crippen LogP contribution in [0.1, 0.15) is 5.56 Å². The molecule has 0 spiro atoms. The van der Waals surface area contributed by atoms with Crippen LogP contribution in [-0.4, -0.2) is 17.0 Å². The summed E-state index contributed by atoms with van der Waals surface area (Å²) in [5.41, 5.74) is -0.535. The Morgan fingerprint density at radius 2 is 2.25 bits per heavy atom. The summed E-state index contributed by atoms with van der Waals surface area (Å²) in [5, 5.41) is 19.2. The van der Waals surface area contributed by atoms with Crippen molar-refractivity contribution in [2.24, 2.45) is 0 Å². The lowest BCUT2D eigenvalue weighted by atomic mass is 10.3. The van der Waals surface area contributed by atoms with Crippen LogP contribution in [0.4, 0.5) is 0 Å². The van der Waals surface area contributed by atoms with Gasteiger partial charge in [0.15, 0.2) is 0 Å². The zero-order valence-corrected chi connectivity index (χ0v) is 8.30. The van der Waals surface area contributed by atoms with Gasteiger partial charge >= 0.3 is 0 Å². The van der Waals surface area contributed by atoms with Crippen LogP contribution >= 0.6 is 0 Å². The fourth-order valence-corrected chi connectivity index (χ4v) is 1.10. The Kier molecular flexibility index (Phi) is 3.82. The van der Waals surface area contributed by atoms with Gasteiger partial charge in [-0.25, -0.2) is 0 Å². The molecule has 6 nitrogen and oxygen atoms in total. The standard InChI is InChI=1S/C10H8N4O2/c11-3-4-13-9(15)7-14-5-1-2-8(6-12)10(14)16/h1-2,5H,4,7H2,(H,13,15). The van der Waals surface area contributed by atoms with Crippen LogP contribution in [0.3, 0.4) is 0 Å². The van der Waals surface area contributed by atoms with Gasteiger partial charge in [-0.05, 0) is 12.1 Å². The lowest BCUT2D eigenvalue weighted by Crippen LogP contribution is -2.32. The van der Waals surface area contributed by atoms with Crippen LogP contribution in [0, 0.1) is 22.7 Å². The van der Waals surface area contributed by atoms with Gasteiger partial charge in [-0.3, -0.25) is 9.59 Å². The SMILES string of the molecule is N#CCNC(=O)Cn1cccc(C#N)c1=O. The van der Waals surface area contributed by atoms with E-state index in [9.17, 15) is 9.59 Å². The van der Waals surface area contributed by atoms with E-state index >= 15 is 0 Å². The molecule has 80 valence electrons. The van der Waals surface area contributed by atoms with E-state index < -0.39 is 11.5 Å². The minimum Gasteiger partial charge on any atom is -0.341 e. The number of carbonyl (C=O) groups is 1. The summed E-state index contributed by atoms with van der Waals surface area (Å²) in [6, 6.07) is 6.38. The van der Waals surface area contributed by atoms with Crippen LogP contribution in [0.5, 0.6) is 0 Å². The number of nitriles is 2. The van der Waals surface area contributed by atoms with E-state index in [1.807, 2.05) is 0 Å². The van der Waals surface area contributed by atoms with Gasteiger partial charge in [0.25, 0.3) is 5.56 Å². The van der Waals surface area contributed by atoms with Crippen molar-refractivity contribution < 1.29 is 4.79 Å². The molecular weight excluding hydrogens is 208 g/mol. The minimum absolute atomic E-state index is 0.0180. The van der Waals surface area contributed by atoms with Crippen molar-refractivity contribution in [1.29, 1.82) is 10.5 Å². The van der Waals surface area contributed by atoms with Gasteiger partial charge in [-0.15, -0.1) is 0 Å². The first-order chi connectivity index (χ1) is 7.69. The van der Waals surface area contributed by atoms with Crippen molar-refractivity contribution >= 4 is 5.91 Å². The second-order valence-corrected chi connectivity index (χ2v) is 2.90. The summed E-state index contributed by atoms with van der Waals surface area (Å²) in [6.45, 7) is -0.304. The zero-order chi connectivity index (χ0) is 12.0. The molecule has 0 fully saturated rings. The third kappa shape index (κ3) is 2.69. The lowest BCUT2D eigenvalue weighted by molar-refractivity contribution is -0.121. The Balaban J connectivity index is 2.84. The summed E-state index contributed by atoms with van der Waals surface area (Å²) in [7, 11) is 0. The minimum atomic E-state index is -0.517. The average molecular weight is 216 g/mol. The van der Waals surface area contributed by atoms with Gasteiger partial charge in [0, 0.05) is 6.20 Å². The fourth-order valence-electron chi connectivity index (χ4n) is 1.10. The van der Waals surface area contributed by atoms with Crippen LogP contribution in [0.25, 0.3) is 0 Å². The molecule has 0 saturated heterocycles. The molecule has 0 saturated carbocycles. The molecule has 0 bridgehead atoms. The van der Waals surface area contributed by atoms with E-state index in [2.05, 4.69) is 5.32 Å². The number of amides is 1. The highest BCUT2D eigenvalue weighted by Gasteiger charge is 2.06. The van der Waals surface area contributed by atoms with Gasteiger partial charge in [0.2, 0.25) is 5.91 Å².